The normalized spacial score (nSPS) is 18.9. The average Bonchev–Trinajstić information content (AvgIpc) is 2.68. The Kier molecular flexibility index (Phi) is 8.29. The Bertz CT molecular complexity index is 661. The molecule has 0 radical (unpaired) electrons. The second-order valence-electron chi connectivity index (χ2n) is 7.35. The number of urea groups is 1. The summed E-state index contributed by atoms with van der Waals surface area (Å²) in [5, 5.41) is 14.7. The molecule has 0 heterocycles. The quantitative estimate of drug-likeness (QED) is 0.631. The van der Waals surface area contributed by atoms with Crippen LogP contribution in [0.15, 0.2) is 24.3 Å². The van der Waals surface area contributed by atoms with Crippen molar-refractivity contribution in [1.29, 1.82) is 0 Å². The zero-order valence-electron chi connectivity index (χ0n) is 16.7. The van der Waals surface area contributed by atoms with Crippen molar-refractivity contribution in [3.8, 4) is 0 Å². The van der Waals surface area contributed by atoms with Crippen molar-refractivity contribution in [1.82, 2.24) is 10.2 Å². The van der Waals surface area contributed by atoms with Gasteiger partial charge in [0.2, 0.25) is 0 Å². The minimum atomic E-state index is -0.756. The predicted octanol–water partition coefficient (Wildman–Crippen LogP) is 3.71. The van der Waals surface area contributed by atoms with Gasteiger partial charge in [0, 0.05) is 30.4 Å². The molecule has 3 N–H and O–H groups in total. The van der Waals surface area contributed by atoms with Gasteiger partial charge in [-0.05, 0) is 62.8 Å². The molecular weight excluding hydrogens is 358 g/mol. The number of carboxylic acids is 1. The van der Waals surface area contributed by atoms with Gasteiger partial charge in [0.25, 0.3) is 5.91 Å². The second kappa shape index (κ2) is 10.7. The lowest BCUT2D eigenvalue weighted by Gasteiger charge is -2.26. The highest BCUT2D eigenvalue weighted by Gasteiger charge is 2.26. The lowest BCUT2D eigenvalue weighted by molar-refractivity contribution is -0.142. The molecule has 154 valence electrons. The van der Waals surface area contributed by atoms with Crippen molar-refractivity contribution >= 4 is 23.6 Å². The van der Waals surface area contributed by atoms with Crippen LogP contribution in [0.25, 0.3) is 0 Å². The molecular formula is C21H31N3O4. The highest BCUT2D eigenvalue weighted by Crippen LogP contribution is 2.24. The first kappa shape index (κ1) is 21.7. The fraction of sp³-hybridized carbons (Fsp3) is 0.571. The summed E-state index contributed by atoms with van der Waals surface area (Å²) in [5.74, 6) is -1.05. The number of carbonyl (C=O) groups excluding carboxylic acids is 2. The van der Waals surface area contributed by atoms with E-state index in [2.05, 4.69) is 24.5 Å². The van der Waals surface area contributed by atoms with Crippen LogP contribution in [0.5, 0.6) is 0 Å². The van der Waals surface area contributed by atoms with Gasteiger partial charge in [0.05, 0.1) is 5.92 Å². The lowest BCUT2D eigenvalue weighted by atomic mass is 9.86. The number of amides is 3. The van der Waals surface area contributed by atoms with E-state index in [0.717, 1.165) is 25.9 Å². The zero-order valence-corrected chi connectivity index (χ0v) is 16.7. The Balaban J connectivity index is 1.85. The van der Waals surface area contributed by atoms with E-state index < -0.39 is 5.97 Å². The third kappa shape index (κ3) is 6.25. The highest BCUT2D eigenvalue weighted by molar-refractivity contribution is 5.95. The fourth-order valence-corrected chi connectivity index (χ4v) is 3.57. The van der Waals surface area contributed by atoms with E-state index in [0.29, 0.717) is 36.9 Å². The van der Waals surface area contributed by atoms with Crippen LogP contribution >= 0.6 is 0 Å². The van der Waals surface area contributed by atoms with E-state index >= 15 is 0 Å². The standard InChI is InChI=1S/C21H31N3O4/c1-3-13-24(14-4-2)19(25)15-5-9-17(10-6-15)22-21(28)23-18-11-7-16(8-12-18)20(26)27/h5-6,9-10,16,18H,3-4,7-8,11-14H2,1-2H3,(H,26,27)(H2,22,23,28). The van der Waals surface area contributed by atoms with Crippen LogP contribution in [-0.4, -0.2) is 47.0 Å². The number of hydrogen-bond acceptors (Lipinski definition) is 3. The SMILES string of the molecule is CCCN(CCC)C(=O)c1ccc(NC(=O)NC2CCC(C(=O)O)CC2)cc1. The van der Waals surface area contributed by atoms with Gasteiger partial charge >= 0.3 is 12.0 Å². The number of nitrogens with one attached hydrogen (secondary N) is 2. The molecule has 0 atom stereocenters. The number of carbonyl (C=O) groups is 3. The maximum Gasteiger partial charge on any atom is 0.319 e. The van der Waals surface area contributed by atoms with Crippen LogP contribution in [0.2, 0.25) is 0 Å². The Hall–Kier alpha value is -2.57. The minimum absolute atomic E-state index is 0.00639. The summed E-state index contributed by atoms with van der Waals surface area (Å²) >= 11 is 0. The van der Waals surface area contributed by atoms with Gasteiger partial charge < -0.3 is 20.6 Å². The van der Waals surface area contributed by atoms with Gasteiger partial charge in [-0.3, -0.25) is 9.59 Å². The van der Waals surface area contributed by atoms with Gasteiger partial charge in [-0.2, -0.15) is 0 Å². The molecule has 0 aromatic heterocycles. The zero-order chi connectivity index (χ0) is 20.5. The van der Waals surface area contributed by atoms with Gasteiger partial charge in [0.1, 0.15) is 0 Å². The molecule has 0 aliphatic heterocycles. The van der Waals surface area contributed by atoms with Gasteiger partial charge in [-0.25, -0.2) is 4.79 Å². The molecule has 1 aliphatic rings. The first-order valence-electron chi connectivity index (χ1n) is 10.1. The molecule has 1 fully saturated rings. The number of benzene rings is 1. The smallest absolute Gasteiger partial charge is 0.319 e. The lowest BCUT2D eigenvalue weighted by Crippen LogP contribution is -2.41. The number of nitrogens with zero attached hydrogens (tertiary/aromatic N) is 1. The summed E-state index contributed by atoms with van der Waals surface area (Å²) in [7, 11) is 0. The van der Waals surface area contributed by atoms with Crippen LogP contribution < -0.4 is 10.6 Å². The number of anilines is 1. The van der Waals surface area contributed by atoms with E-state index in [-0.39, 0.29) is 23.9 Å². The van der Waals surface area contributed by atoms with E-state index in [1.807, 2.05) is 4.90 Å². The van der Waals surface area contributed by atoms with Gasteiger partial charge in [0.15, 0.2) is 0 Å². The summed E-state index contributed by atoms with van der Waals surface area (Å²) in [6.45, 7) is 5.57. The molecule has 7 heteroatoms. The summed E-state index contributed by atoms with van der Waals surface area (Å²) in [6, 6.07) is 6.60. The van der Waals surface area contributed by atoms with Gasteiger partial charge in [-0.1, -0.05) is 13.8 Å². The molecule has 1 aliphatic carbocycles. The molecule has 0 spiro atoms. The number of aliphatic carboxylic acids is 1. The summed E-state index contributed by atoms with van der Waals surface area (Å²) in [6.07, 6.45) is 4.34. The molecule has 1 saturated carbocycles. The maximum atomic E-state index is 12.6. The number of hydrogen-bond donors (Lipinski definition) is 3. The molecule has 0 saturated heterocycles. The third-order valence-corrected chi connectivity index (χ3v) is 5.08. The van der Waals surface area contributed by atoms with Crippen molar-refractivity contribution in [2.45, 2.75) is 58.4 Å². The molecule has 2 rings (SSSR count). The monoisotopic (exact) mass is 389 g/mol. The highest BCUT2D eigenvalue weighted by atomic mass is 16.4. The van der Waals surface area contributed by atoms with Crippen LogP contribution in [0.3, 0.4) is 0 Å². The van der Waals surface area contributed by atoms with Crippen LogP contribution in [0.1, 0.15) is 62.7 Å². The third-order valence-electron chi connectivity index (χ3n) is 5.08. The van der Waals surface area contributed by atoms with Crippen LogP contribution in [0.4, 0.5) is 10.5 Å². The molecule has 1 aromatic carbocycles. The number of carboxylic acid groups (broad SMARTS) is 1. The Morgan fingerprint density at radius 2 is 1.57 bits per heavy atom. The molecule has 3 amide bonds. The predicted molar refractivity (Wildman–Crippen MR) is 108 cm³/mol. The van der Waals surface area contributed by atoms with Crippen molar-refractivity contribution < 1.29 is 19.5 Å². The minimum Gasteiger partial charge on any atom is -0.481 e. The van der Waals surface area contributed by atoms with E-state index in [4.69, 9.17) is 5.11 Å². The van der Waals surface area contributed by atoms with E-state index in [1.165, 1.54) is 0 Å². The first-order valence-corrected chi connectivity index (χ1v) is 10.1. The molecule has 0 unspecified atom stereocenters. The Morgan fingerprint density at radius 3 is 2.07 bits per heavy atom. The maximum absolute atomic E-state index is 12.6. The van der Waals surface area contributed by atoms with E-state index in [1.54, 1.807) is 24.3 Å². The summed E-state index contributed by atoms with van der Waals surface area (Å²) in [4.78, 5) is 37.6. The molecule has 7 nitrogen and oxygen atoms in total. The second-order valence-corrected chi connectivity index (χ2v) is 7.35. The summed E-state index contributed by atoms with van der Waals surface area (Å²) in [5.41, 5.74) is 1.23. The molecule has 28 heavy (non-hydrogen) atoms. The molecule has 1 aromatic rings. The topological polar surface area (TPSA) is 98.7 Å². The largest absolute Gasteiger partial charge is 0.481 e. The first-order chi connectivity index (χ1) is 13.4. The van der Waals surface area contributed by atoms with Crippen molar-refractivity contribution in [2.75, 3.05) is 18.4 Å². The fourth-order valence-electron chi connectivity index (χ4n) is 3.57. The molecule has 0 bridgehead atoms. The van der Waals surface area contributed by atoms with Crippen LogP contribution in [-0.2, 0) is 4.79 Å². The van der Waals surface area contributed by atoms with Crippen molar-refractivity contribution in [3.05, 3.63) is 29.8 Å². The van der Waals surface area contributed by atoms with Crippen molar-refractivity contribution in [2.24, 2.45) is 5.92 Å². The summed E-state index contributed by atoms with van der Waals surface area (Å²) < 4.78 is 0. The van der Waals surface area contributed by atoms with Crippen LogP contribution in [0, 0.1) is 5.92 Å². The Morgan fingerprint density at radius 1 is 1.00 bits per heavy atom. The number of rotatable bonds is 8. The van der Waals surface area contributed by atoms with Gasteiger partial charge in [-0.15, -0.1) is 0 Å². The van der Waals surface area contributed by atoms with Crippen molar-refractivity contribution in [3.63, 3.8) is 0 Å². The van der Waals surface area contributed by atoms with E-state index in [9.17, 15) is 14.4 Å². The Labute approximate surface area is 166 Å². The average molecular weight is 389 g/mol.